The van der Waals surface area contributed by atoms with Gasteiger partial charge < -0.3 is 10.6 Å². The quantitative estimate of drug-likeness (QED) is 0.297. The summed E-state index contributed by atoms with van der Waals surface area (Å²) in [5, 5.41) is 9.30. The summed E-state index contributed by atoms with van der Waals surface area (Å²) >= 11 is 1.87. The van der Waals surface area contributed by atoms with Gasteiger partial charge in [0.2, 0.25) is 10.0 Å². The summed E-state index contributed by atoms with van der Waals surface area (Å²) in [5.41, 5.74) is 0.210. The molecule has 0 aromatic carbocycles. The first-order chi connectivity index (χ1) is 14.0. The first-order valence-electron chi connectivity index (χ1n) is 11.0. The molecule has 3 rings (SSSR count). The maximum atomic E-state index is 12.3. The zero-order valence-electron chi connectivity index (χ0n) is 18.2. The molecule has 1 saturated carbocycles. The van der Waals surface area contributed by atoms with Crippen molar-refractivity contribution in [2.24, 2.45) is 4.99 Å². The van der Waals surface area contributed by atoms with Gasteiger partial charge in [0.05, 0.1) is 5.75 Å². The van der Waals surface area contributed by atoms with Crippen LogP contribution in [0.5, 0.6) is 0 Å². The van der Waals surface area contributed by atoms with Gasteiger partial charge in [0.15, 0.2) is 5.96 Å². The monoisotopic (exact) mass is 568 g/mol. The maximum absolute atomic E-state index is 12.3. The lowest BCUT2D eigenvalue weighted by Gasteiger charge is -2.38. The van der Waals surface area contributed by atoms with Crippen LogP contribution in [0.25, 0.3) is 0 Å². The number of thiophene rings is 1. The lowest BCUT2D eigenvalue weighted by atomic mass is 9.73. The number of aliphatic imine (C=N–C) groups is 1. The molecule has 30 heavy (non-hydrogen) atoms. The molecule has 9 heteroatoms. The number of sulfonamides is 1. The molecule has 172 valence electrons. The summed E-state index contributed by atoms with van der Waals surface area (Å²) in [6.07, 6.45) is 8.67. The fourth-order valence-electron chi connectivity index (χ4n) is 4.63. The molecule has 0 bridgehead atoms. The van der Waals surface area contributed by atoms with Crippen LogP contribution in [0.2, 0.25) is 0 Å². The molecule has 2 heterocycles. The van der Waals surface area contributed by atoms with Gasteiger partial charge in [-0.05, 0) is 43.6 Å². The van der Waals surface area contributed by atoms with Crippen molar-refractivity contribution < 1.29 is 8.42 Å². The minimum Gasteiger partial charge on any atom is -0.355 e. The molecule has 1 aromatic heterocycles. The van der Waals surface area contributed by atoms with Gasteiger partial charge in [-0.2, -0.15) is 0 Å². The summed E-state index contributed by atoms with van der Waals surface area (Å²) < 4.78 is 26.2. The molecule has 0 unspecified atom stereocenters. The molecule has 2 aliphatic rings. The molecule has 1 aliphatic heterocycles. The van der Waals surface area contributed by atoms with Gasteiger partial charge in [0.1, 0.15) is 0 Å². The number of piperidine rings is 1. The second-order valence-corrected chi connectivity index (χ2v) is 11.4. The standard InChI is InChI=1S/C21H36N4O2S2.HI/c1-3-16-29(26,27)25-13-9-18(10-14-25)24-20(22-2)23-17-21(11-5-4-6-12-21)19-8-7-15-28-19;/h7-8,15,18H,3-6,9-14,16-17H2,1-2H3,(H2,22,23,24);1H. The molecular weight excluding hydrogens is 531 g/mol. The third kappa shape index (κ3) is 6.56. The largest absolute Gasteiger partial charge is 0.355 e. The van der Waals surface area contributed by atoms with Crippen LogP contribution in [0.3, 0.4) is 0 Å². The van der Waals surface area contributed by atoms with Crippen molar-refractivity contribution in [1.29, 1.82) is 0 Å². The van der Waals surface area contributed by atoms with Crippen molar-refractivity contribution in [3.63, 3.8) is 0 Å². The topological polar surface area (TPSA) is 73.8 Å². The zero-order chi connectivity index (χ0) is 20.7. The molecule has 1 aliphatic carbocycles. The third-order valence-corrected chi connectivity index (χ3v) is 9.51. The van der Waals surface area contributed by atoms with E-state index in [-0.39, 0.29) is 41.2 Å². The van der Waals surface area contributed by atoms with Gasteiger partial charge >= 0.3 is 0 Å². The molecule has 1 aromatic rings. The molecule has 0 spiro atoms. The average Bonchev–Trinajstić information content (AvgIpc) is 3.28. The van der Waals surface area contributed by atoms with E-state index >= 15 is 0 Å². The van der Waals surface area contributed by atoms with Gasteiger partial charge in [-0.1, -0.05) is 32.3 Å². The van der Waals surface area contributed by atoms with Crippen molar-refractivity contribution in [3.05, 3.63) is 22.4 Å². The predicted molar refractivity (Wildman–Crippen MR) is 138 cm³/mol. The van der Waals surface area contributed by atoms with Gasteiger partial charge in [0, 0.05) is 43.0 Å². The maximum Gasteiger partial charge on any atom is 0.214 e. The van der Waals surface area contributed by atoms with Crippen molar-refractivity contribution in [2.45, 2.75) is 69.7 Å². The van der Waals surface area contributed by atoms with Crippen LogP contribution in [-0.2, 0) is 15.4 Å². The SMILES string of the molecule is CCCS(=O)(=O)N1CCC(NC(=NC)NCC2(c3cccs3)CCCCC2)CC1.I. The minimum atomic E-state index is -3.09. The Labute approximate surface area is 203 Å². The Morgan fingerprint density at radius 1 is 1.27 bits per heavy atom. The molecule has 0 atom stereocenters. The van der Waals surface area contributed by atoms with Crippen molar-refractivity contribution in [1.82, 2.24) is 14.9 Å². The Hall–Kier alpha value is -0.390. The van der Waals surface area contributed by atoms with Crippen LogP contribution in [0.4, 0.5) is 0 Å². The van der Waals surface area contributed by atoms with Crippen LogP contribution in [0.1, 0.15) is 63.2 Å². The summed E-state index contributed by atoms with van der Waals surface area (Å²) in [5.74, 6) is 1.08. The summed E-state index contributed by atoms with van der Waals surface area (Å²) in [4.78, 5) is 5.92. The van der Waals surface area contributed by atoms with E-state index in [4.69, 9.17) is 0 Å². The van der Waals surface area contributed by atoms with Crippen LogP contribution < -0.4 is 10.6 Å². The van der Waals surface area contributed by atoms with E-state index in [0.29, 0.717) is 19.5 Å². The van der Waals surface area contributed by atoms with Gasteiger partial charge in [-0.15, -0.1) is 35.3 Å². The highest BCUT2D eigenvalue weighted by atomic mass is 127. The van der Waals surface area contributed by atoms with E-state index in [1.54, 1.807) is 4.31 Å². The first kappa shape index (κ1) is 25.9. The Balaban J connectivity index is 0.00000320. The average molecular weight is 569 g/mol. The van der Waals surface area contributed by atoms with Crippen molar-refractivity contribution >= 4 is 51.3 Å². The number of nitrogens with one attached hydrogen (secondary N) is 2. The van der Waals surface area contributed by atoms with Gasteiger partial charge in [-0.3, -0.25) is 4.99 Å². The van der Waals surface area contributed by atoms with Crippen LogP contribution in [0, 0.1) is 0 Å². The van der Waals surface area contributed by atoms with Gasteiger partial charge in [-0.25, -0.2) is 12.7 Å². The molecule has 0 amide bonds. The third-order valence-electron chi connectivity index (χ3n) is 6.32. The normalized spacial score (nSPS) is 21.1. The lowest BCUT2D eigenvalue weighted by Crippen LogP contribution is -2.52. The van der Waals surface area contributed by atoms with E-state index in [9.17, 15) is 8.42 Å². The number of nitrogens with zero attached hydrogens (tertiary/aromatic N) is 2. The summed E-state index contributed by atoms with van der Waals surface area (Å²) in [7, 11) is -1.27. The van der Waals surface area contributed by atoms with Crippen LogP contribution in [0.15, 0.2) is 22.5 Å². The fourth-order valence-corrected chi connectivity index (χ4v) is 7.15. The molecule has 2 N–H and O–H groups in total. The summed E-state index contributed by atoms with van der Waals surface area (Å²) in [6.45, 7) is 4.00. The lowest BCUT2D eigenvalue weighted by molar-refractivity contribution is 0.291. The highest BCUT2D eigenvalue weighted by molar-refractivity contribution is 14.0. The number of rotatable bonds is 7. The predicted octanol–water partition coefficient (Wildman–Crippen LogP) is 3.94. The molecule has 0 radical (unpaired) electrons. The number of guanidine groups is 1. The number of halogens is 1. The fraction of sp³-hybridized carbons (Fsp3) is 0.762. The molecule has 6 nitrogen and oxygen atoms in total. The van der Waals surface area contributed by atoms with Crippen molar-refractivity contribution in [2.75, 3.05) is 32.4 Å². The smallest absolute Gasteiger partial charge is 0.214 e. The number of hydrogen-bond donors (Lipinski definition) is 2. The van der Waals surface area contributed by atoms with E-state index in [1.807, 2.05) is 25.3 Å². The van der Waals surface area contributed by atoms with E-state index in [2.05, 4.69) is 33.1 Å². The highest BCUT2D eigenvalue weighted by Crippen LogP contribution is 2.41. The van der Waals surface area contributed by atoms with Crippen LogP contribution >= 0.6 is 35.3 Å². The Morgan fingerprint density at radius 3 is 2.53 bits per heavy atom. The van der Waals surface area contributed by atoms with Crippen LogP contribution in [-0.4, -0.2) is 57.2 Å². The molecule has 2 fully saturated rings. The van der Waals surface area contributed by atoms with E-state index in [0.717, 1.165) is 25.3 Å². The minimum absolute atomic E-state index is 0. The van der Waals surface area contributed by atoms with Gasteiger partial charge in [0.25, 0.3) is 0 Å². The second kappa shape index (κ2) is 12.0. The van der Waals surface area contributed by atoms with Crippen molar-refractivity contribution in [3.8, 4) is 0 Å². The highest BCUT2D eigenvalue weighted by Gasteiger charge is 2.35. The zero-order valence-corrected chi connectivity index (χ0v) is 22.2. The molecule has 1 saturated heterocycles. The van der Waals surface area contributed by atoms with E-state index < -0.39 is 10.0 Å². The second-order valence-electron chi connectivity index (χ2n) is 8.38. The Morgan fingerprint density at radius 2 is 1.97 bits per heavy atom. The van der Waals surface area contributed by atoms with E-state index in [1.165, 1.54) is 37.0 Å². The summed E-state index contributed by atoms with van der Waals surface area (Å²) in [6, 6.07) is 4.70. The first-order valence-corrected chi connectivity index (χ1v) is 13.5. The number of hydrogen-bond acceptors (Lipinski definition) is 4. The molecular formula is C21H37IN4O2S2. The Kier molecular flexibility index (Phi) is 10.4. The Bertz CT molecular complexity index is 754.